The largest absolute Gasteiger partial charge is 0.487 e. The molecule has 1 heterocycles. The van der Waals surface area contributed by atoms with Crippen molar-refractivity contribution in [3.8, 4) is 11.8 Å². The summed E-state index contributed by atoms with van der Waals surface area (Å²) in [5.74, 6) is -0.208. The minimum atomic E-state index is -0.456. The fraction of sp³-hybridized carbons (Fsp3) is 0.562. The highest BCUT2D eigenvalue weighted by molar-refractivity contribution is 5.36. The van der Waals surface area contributed by atoms with Gasteiger partial charge in [-0.05, 0) is 51.8 Å². The van der Waals surface area contributed by atoms with Crippen LogP contribution in [0, 0.1) is 17.1 Å². The molecule has 3 nitrogen and oxygen atoms in total. The Kier molecular flexibility index (Phi) is 4.29. The summed E-state index contributed by atoms with van der Waals surface area (Å²) in [6.07, 6.45) is 1.85. The number of hydrogen-bond donors (Lipinski definition) is 0. The molecule has 0 aliphatic carbocycles. The zero-order valence-electron chi connectivity index (χ0n) is 12.3. The number of piperidine rings is 1. The van der Waals surface area contributed by atoms with Crippen molar-refractivity contribution in [2.75, 3.05) is 13.1 Å². The quantitative estimate of drug-likeness (QED) is 0.831. The van der Waals surface area contributed by atoms with Crippen LogP contribution in [0.15, 0.2) is 18.2 Å². The molecule has 4 heteroatoms. The molecular weight excluding hydrogens is 255 g/mol. The Morgan fingerprint density at radius 3 is 2.45 bits per heavy atom. The molecule has 0 N–H and O–H groups in total. The van der Waals surface area contributed by atoms with E-state index in [1.165, 1.54) is 6.07 Å². The Morgan fingerprint density at radius 1 is 1.30 bits per heavy atom. The summed E-state index contributed by atoms with van der Waals surface area (Å²) in [7, 11) is 0. The summed E-state index contributed by atoms with van der Waals surface area (Å²) < 4.78 is 19.5. The van der Waals surface area contributed by atoms with Crippen molar-refractivity contribution in [1.82, 2.24) is 4.90 Å². The van der Waals surface area contributed by atoms with Gasteiger partial charge < -0.3 is 4.74 Å². The van der Waals surface area contributed by atoms with E-state index >= 15 is 0 Å². The van der Waals surface area contributed by atoms with Crippen LogP contribution in [0.2, 0.25) is 0 Å². The second-order valence-corrected chi connectivity index (χ2v) is 6.23. The number of rotatable bonds is 2. The van der Waals surface area contributed by atoms with Crippen LogP contribution in [0.4, 0.5) is 4.39 Å². The summed E-state index contributed by atoms with van der Waals surface area (Å²) in [6, 6.07) is 6.27. The van der Waals surface area contributed by atoms with Gasteiger partial charge in [-0.3, -0.25) is 4.90 Å². The predicted molar refractivity (Wildman–Crippen MR) is 76.1 cm³/mol. The van der Waals surface area contributed by atoms with Gasteiger partial charge in [0.15, 0.2) is 11.6 Å². The Labute approximate surface area is 120 Å². The molecule has 0 atom stereocenters. The standard InChI is InChI=1S/C16H21FN2O/c1-16(2,3)19-8-6-13(7-9-19)20-15-5-4-12(11-18)10-14(15)17/h4-5,10,13H,6-9H2,1-3H3. The smallest absolute Gasteiger partial charge is 0.166 e. The first kappa shape index (κ1) is 14.8. The van der Waals surface area contributed by atoms with E-state index in [1.54, 1.807) is 12.1 Å². The topological polar surface area (TPSA) is 36.3 Å². The summed E-state index contributed by atoms with van der Waals surface area (Å²) >= 11 is 0. The van der Waals surface area contributed by atoms with E-state index in [-0.39, 0.29) is 17.4 Å². The maximum Gasteiger partial charge on any atom is 0.166 e. The van der Waals surface area contributed by atoms with E-state index in [0.29, 0.717) is 5.56 Å². The Bertz CT molecular complexity index is 508. The summed E-state index contributed by atoms with van der Waals surface area (Å²) in [4.78, 5) is 2.42. The highest BCUT2D eigenvalue weighted by Crippen LogP contribution is 2.25. The number of halogens is 1. The third kappa shape index (κ3) is 3.49. The minimum Gasteiger partial charge on any atom is -0.487 e. The number of hydrogen-bond acceptors (Lipinski definition) is 3. The second-order valence-electron chi connectivity index (χ2n) is 6.23. The van der Waals surface area contributed by atoms with Gasteiger partial charge >= 0.3 is 0 Å². The van der Waals surface area contributed by atoms with Crippen LogP contribution in [-0.2, 0) is 0 Å². The van der Waals surface area contributed by atoms with Crippen molar-refractivity contribution < 1.29 is 9.13 Å². The molecule has 20 heavy (non-hydrogen) atoms. The Morgan fingerprint density at radius 2 is 1.95 bits per heavy atom. The van der Waals surface area contributed by atoms with Crippen LogP contribution in [0.25, 0.3) is 0 Å². The number of ether oxygens (including phenoxy) is 1. The van der Waals surface area contributed by atoms with Crippen molar-refractivity contribution in [2.45, 2.75) is 45.3 Å². The average Bonchev–Trinajstić information content (AvgIpc) is 2.40. The van der Waals surface area contributed by atoms with Gasteiger partial charge in [0.25, 0.3) is 0 Å². The summed E-state index contributed by atoms with van der Waals surface area (Å²) in [6.45, 7) is 8.54. The molecule has 108 valence electrons. The normalized spacial score (nSPS) is 17.8. The van der Waals surface area contributed by atoms with Gasteiger partial charge in [0.1, 0.15) is 6.10 Å². The highest BCUT2D eigenvalue weighted by atomic mass is 19.1. The fourth-order valence-electron chi connectivity index (χ4n) is 2.49. The Balaban J connectivity index is 1.95. The van der Waals surface area contributed by atoms with E-state index in [1.807, 2.05) is 6.07 Å². The molecule has 1 aliphatic rings. The monoisotopic (exact) mass is 276 g/mol. The maximum absolute atomic E-state index is 13.8. The van der Waals surface area contributed by atoms with Crippen molar-refractivity contribution >= 4 is 0 Å². The van der Waals surface area contributed by atoms with Gasteiger partial charge in [0.2, 0.25) is 0 Å². The number of nitriles is 1. The summed E-state index contributed by atoms with van der Waals surface area (Å²) in [5, 5.41) is 8.72. The second kappa shape index (κ2) is 5.80. The predicted octanol–water partition coefficient (Wildman–Crippen LogP) is 3.34. The molecule has 1 aromatic carbocycles. The lowest BCUT2D eigenvalue weighted by atomic mass is 9.99. The van der Waals surface area contributed by atoms with E-state index < -0.39 is 5.82 Å². The van der Waals surface area contributed by atoms with Crippen molar-refractivity contribution in [3.63, 3.8) is 0 Å². The zero-order chi connectivity index (χ0) is 14.8. The molecular formula is C16H21FN2O. The maximum atomic E-state index is 13.8. The van der Waals surface area contributed by atoms with Crippen LogP contribution in [0.5, 0.6) is 5.75 Å². The lowest BCUT2D eigenvalue weighted by molar-refractivity contribution is 0.0475. The summed E-state index contributed by atoms with van der Waals surface area (Å²) in [5.41, 5.74) is 0.488. The minimum absolute atomic E-state index is 0.0519. The van der Waals surface area contributed by atoms with Gasteiger partial charge in [0, 0.05) is 18.6 Å². The third-order valence-electron chi connectivity index (χ3n) is 3.75. The molecule has 0 aromatic heterocycles. The average molecular weight is 276 g/mol. The molecule has 1 fully saturated rings. The first-order valence-electron chi connectivity index (χ1n) is 7.01. The highest BCUT2D eigenvalue weighted by Gasteiger charge is 2.28. The first-order chi connectivity index (χ1) is 9.40. The molecule has 0 unspecified atom stereocenters. The lowest BCUT2D eigenvalue weighted by Crippen LogP contribution is -2.48. The third-order valence-corrected chi connectivity index (χ3v) is 3.75. The van der Waals surface area contributed by atoms with Crippen LogP contribution < -0.4 is 4.74 Å². The van der Waals surface area contributed by atoms with E-state index in [2.05, 4.69) is 25.7 Å². The SMILES string of the molecule is CC(C)(C)N1CCC(Oc2ccc(C#N)cc2F)CC1. The number of likely N-dealkylation sites (tertiary alicyclic amines) is 1. The molecule has 1 saturated heterocycles. The molecule has 1 aromatic rings. The van der Waals surface area contributed by atoms with E-state index in [9.17, 15) is 4.39 Å². The number of nitrogens with zero attached hydrogens (tertiary/aromatic N) is 2. The van der Waals surface area contributed by atoms with E-state index in [4.69, 9.17) is 10.00 Å². The van der Waals surface area contributed by atoms with Gasteiger partial charge in [-0.2, -0.15) is 5.26 Å². The van der Waals surface area contributed by atoms with Gasteiger partial charge in [-0.15, -0.1) is 0 Å². The van der Waals surface area contributed by atoms with Crippen molar-refractivity contribution in [3.05, 3.63) is 29.6 Å². The zero-order valence-corrected chi connectivity index (χ0v) is 12.3. The molecule has 2 rings (SSSR count). The van der Waals surface area contributed by atoms with E-state index in [0.717, 1.165) is 25.9 Å². The fourth-order valence-corrected chi connectivity index (χ4v) is 2.49. The first-order valence-corrected chi connectivity index (χ1v) is 7.01. The van der Waals surface area contributed by atoms with Crippen molar-refractivity contribution in [2.24, 2.45) is 0 Å². The molecule has 0 spiro atoms. The molecule has 0 saturated carbocycles. The lowest BCUT2D eigenvalue weighted by Gasteiger charge is -2.40. The van der Waals surface area contributed by atoms with Gasteiger partial charge in [-0.25, -0.2) is 4.39 Å². The molecule has 0 bridgehead atoms. The molecule has 1 aliphatic heterocycles. The number of benzene rings is 1. The molecule has 0 radical (unpaired) electrons. The van der Waals surface area contributed by atoms with Crippen LogP contribution in [-0.4, -0.2) is 29.6 Å². The van der Waals surface area contributed by atoms with Gasteiger partial charge in [0.05, 0.1) is 11.6 Å². The van der Waals surface area contributed by atoms with Gasteiger partial charge in [-0.1, -0.05) is 0 Å². The van der Waals surface area contributed by atoms with Crippen LogP contribution in [0.1, 0.15) is 39.2 Å². The van der Waals surface area contributed by atoms with Crippen LogP contribution in [0.3, 0.4) is 0 Å². The van der Waals surface area contributed by atoms with Crippen molar-refractivity contribution in [1.29, 1.82) is 5.26 Å². The molecule has 0 amide bonds. The van der Waals surface area contributed by atoms with Crippen LogP contribution >= 0.6 is 0 Å². The Hall–Kier alpha value is -1.60.